The SMILES string of the molecule is N#Cc1ccc(NC(=O)C(=O)NCc2ccc3c(c2)OCO3)cc1. The Labute approximate surface area is 137 Å². The van der Waals surface area contributed by atoms with Gasteiger partial charge in [-0.1, -0.05) is 6.07 Å². The molecule has 1 aliphatic heterocycles. The number of hydrogen-bond acceptors (Lipinski definition) is 5. The smallest absolute Gasteiger partial charge is 0.313 e. The van der Waals surface area contributed by atoms with Crippen LogP contribution in [0.3, 0.4) is 0 Å². The molecule has 2 amide bonds. The Bertz CT molecular complexity index is 825. The predicted molar refractivity (Wildman–Crippen MR) is 84.2 cm³/mol. The van der Waals surface area contributed by atoms with Crippen molar-refractivity contribution in [1.82, 2.24) is 5.32 Å². The second-order valence-corrected chi connectivity index (χ2v) is 5.01. The van der Waals surface area contributed by atoms with Crippen molar-refractivity contribution >= 4 is 17.5 Å². The lowest BCUT2D eigenvalue weighted by molar-refractivity contribution is -0.136. The number of benzene rings is 2. The summed E-state index contributed by atoms with van der Waals surface area (Å²) in [6.45, 7) is 0.369. The predicted octanol–water partition coefficient (Wildman–Crippen LogP) is 1.54. The standard InChI is InChI=1S/C17H13N3O4/c18-8-11-1-4-13(5-2-11)20-17(22)16(21)19-9-12-3-6-14-15(7-12)24-10-23-14/h1-7H,9-10H2,(H,19,21)(H,20,22). The minimum Gasteiger partial charge on any atom is -0.454 e. The first-order chi connectivity index (χ1) is 11.7. The van der Waals surface area contributed by atoms with Gasteiger partial charge >= 0.3 is 11.8 Å². The minimum atomic E-state index is -0.777. The maximum Gasteiger partial charge on any atom is 0.313 e. The van der Waals surface area contributed by atoms with E-state index in [4.69, 9.17) is 14.7 Å². The zero-order chi connectivity index (χ0) is 16.9. The molecule has 2 N–H and O–H groups in total. The van der Waals surface area contributed by atoms with E-state index < -0.39 is 11.8 Å². The Balaban J connectivity index is 1.54. The van der Waals surface area contributed by atoms with Crippen LogP contribution in [0, 0.1) is 11.3 Å². The van der Waals surface area contributed by atoms with Crippen LogP contribution in [0.5, 0.6) is 11.5 Å². The van der Waals surface area contributed by atoms with Gasteiger partial charge in [0.1, 0.15) is 0 Å². The number of ether oxygens (including phenoxy) is 2. The summed E-state index contributed by atoms with van der Waals surface area (Å²) in [6.07, 6.45) is 0. The highest BCUT2D eigenvalue weighted by molar-refractivity contribution is 6.39. The van der Waals surface area contributed by atoms with Crippen LogP contribution in [0.1, 0.15) is 11.1 Å². The van der Waals surface area contributed by atoms with E-state index in [1.54, 1.807) is 42.5 Å². The number of fused-ring (bicyclic) bond motifs is 1. The first-order valence-corrected chi connectivity index (χ1v) is 7.13. The highest BCUT2D eigenvalue weighted by atomic mass is 16.7. The minimum absolute atomic E-state index is 0.179. The molecule has 0 saturated carbocycles. The van der Waals surface area contributed by atoms with E-state index >= 15 is 0 Å². The number of nitriles is 1. The van der Waals surface area contributed by atoms with Gasteiger partial charge in [0.05, 0.1) is 11.6 Å². The molecule has 0 aliphatic carbocycles. The van der Waals surface area contributed by atoms with Crippen molar-refractivity contribution in [3.63, 3.8) is 0 Å². The Morgan fingerprint density at radius 1 is 1.04 bits per heavy atom. The third-order valence-corrected chi connectivity index (χ3v) is 3.37. The van der Waals surface area contributed by atoms with Gasteiger partial charge in [-0.3, -0.25) is 9.59 Å². The highest BCUT2D eigenvalue weighted by Crippen LogP contribution is 2.32. The third-order valence-electron chi connectivity index (χ3n) is 3.37. The molecular formula is C17H13N3O4. The summed E-state index contributed by atoms with van der Waals surface area (Å²) in [4.78, 5) is 23.7. The van der Waals surface area contributed by atoms with Crippen LogP contribution >= 0.6 is 0 Å². The number of amides is 2. The van der Waals surface area contributed by atoms with Gasteiger partial charge in [0, 0.05) is 12.2 Å². The second-order valence-electron chi connectivity index (χ2n) is 5.01. The van der Waals surface area contributed by atoms with Crippen molar-refractivity contribution in [2.45, 2.75) is 6.54 Å². The molecule has 3 rings (SSSR count). The van der Waals surface area contributed by atoms with Gasteiger partial charge < -0.3 is 20.1 Å². The van der Waals surface area contributed by atoms with Crippen LogP contribution < -0.4 is 20.1 Å². The molecule has 0 aromatic heterocycles. The fraction of sp³-hybridized carbons (Fsp3) is 0.118. The van der Waals surface area contributed by atoms with Gasteiger partial charge in [0.25, 0.3) is 0 Å². The number of rotatable bonds is 3. The lowest BCUT2D eigenvalue weighted by atomic mass is 10.2. The van der Waals surface area contributed by atoms with E-state index in [1.807, 2.05) is 6.07 Å². The average Bonchev–Trinajstić information content (AvgIpc) is 3.08. The normalized spacial score (nSPS) is 11.5. The van der Waals surface area contributed by atoms with Gasteiger partial charge in [-0.2, -0.15) is 5.26 Å². The van der Waals surface area contributed by atoms with Crippen molar-refractivity contribution in [2.24, 2.45) is 0 Å². The quantitative estimate of drug-likeness (QED) is 0.835. The molecule has 24 heavy (non-hydrogen) atoms. The summed E-state index contributed by atoms with van der Waals surface area (Å²) in [5, 5.41) is 13.7. The van der Waals surface area contributed by atoms with Crippen LogP contribution in [-0.2, 0) is 16.1 Å². The van der Waals surface area contributed by atoms with Gasteiger partial charge in [-0.05, 0) is 42.0 Å². The van der Waals surface area contributed by atoms with Crippen LogP contribution in [0.15, 0.2) is 42.5 Å². The first-order valence-electron chi connectivity index (χ1n) is 7.13. The van der Waals surface area contributed by atoms with E-state index in [1.165, 1.54) is 0 Å². The van der Waals surface area contributed by atoms with Gasteiger partial charge in [0.2, 0.25) is 6.79 Å². The molecule has 0 fully saturated rings. The van der Waals surface area contributed by atoms with Crippen molar-refractivity contribution < 1.29 is 19.1 Å². The summed E-state index contributed by atoms with van der Waals surface area (Å²) in [6, 6.07) is 13.5. The summed E-state index contributed by atoms with van der Waals surface area (Å²) < 4.78 is 10.5. The van der Waals surface area contributed by atoms with E-state index in [9.17, 15) is 9.59 Å². The van der Waals surface area contributed by atoms with E-state index in [0.29, 0.717) is 22.7 Å². The van der Waals surface area contributed by atoms with E-state index in [0.717, 1.165) is 5.56 Å². The number of nitrogens with zero attached hydrogens (tertiary/aromatic N) is 1. The number of hydrogen-bond donors (Lipinski definition) is 2. The molecule has 0 unspecified atom stereocenters. The maximum atomic E-state index is 11.8. The Hall–Kier alpha value is -3.53. The number of carbonyl (C=O) groups is 2. The lowest BCUT2D eigenvalue weighted by Gasteiger charge is -2.07. The summed E-state index contributed by atoms with van der Waals surface area (Å²) >= 11 is 0. The molecular weight excluding hydrogens is 310 g/mol. The molecule has 2 aromatic carbocycles. The molecule has 120 valence electrons. The number of carbonyl (C=O) groups excluding carboxylic acids is 2. The second kappa shape index (κ2) is 6.71. The molecule has 7 heteroatoms. The average molecular weight is 323 g/mol. The monoisotopic (exact) mass is 323 g/mol. The Morgan fingerprint density at radius 3 is 2.54 bits per heavy atom. The van der Waals surface area contributed by atoms with Crippen molar-refractivity contribution in [1.29, 1.82) is 5.26 Å². The van der Waals surface area contributed by atoms with Gasteiger partial charge in [-0.15, -0.1) is 0 Å². The molecule has 0 bridgehead atoms. The number of anilines is 1. The molecule has 2 aromatic rings. The summed E-state index contributed by atoms with van der Waals surface area (Å²) in [7, 11) is 0. The summed E-state index contributed by atoms with van der Waals surface area (Å²) in [5.74, 6) is -0.259. The van der Waals surface area contributed by atoms with Crippen molar-refractivity contribution in [3.8, 4) is 17.6 Å². The van der Waals surface area contributed by atoms with Crippen LogP contribution in [0.4, 0.5) is 5.69 Å². The third kappa shape index (κ3) is 3.44. The maximum absolute atomic E-state index is 11.8. The number of nitrogens with one attached hydrogen (secondary N) is 2. The molecule has 1 heterocycles. The van der Waals surface area contributed by atoms with Gasteiger partial charge in [0.15, 0.2) is 11.5 Å². The molecule has 1 aliphatic rings. The zero-order valence-corrected chi connectivity index (χ0v) is 12.5. The van der Waals surface area contributed by atoms with Gasteiger partial charge in [-0.25, -0.2) is 0 Å². The van der Waals surface area contributed by atoms with Crippen molar-refractivity contribution in [2.75, 3.05) is 12.1 Å². The molecule has 7 nitrogen and oxygen atoms in total. The van der Waals surface area contributed by atoms with Crippen LogP contribution in [-0.4, -0.2) is 18.6 Å². The fourth-order valence-electron chi connectivity index (χ4n) is 2.13. The summed E-state index contributed by atoms with van der Waals surface area (Å²) in [5.41, 5.74) is 1.70. The van der Waals surface area contributed by atoms with E-state index in [-0.39, 0.29) is 13.3 Å². The van der Waals surface area contributed by atoms with Crippen LogP contribution in [0.2, 0.25) is 0 Å². The molecule has 0 atom stereocenters. The zero-order valence-electron chi connectivity index (χ0n) is 12.5. The molecule has 0 radical (unpaired) electrons. The largest absolute Gasteiger partial charge is 0.454 e. The fourth-order valence-corrected chi connectivity index (χ4v) is 2.13. The van der Waals surface area contributed by atoms with Crippen LogP contribution in [0.25, 0.3) is 0 Å². The topological polar surface area (TPSA) is 100 Å². The van der Waals surface area contributed by atoms with Crippen molar-refractivity contribution in [3.05, 3.63) is 53.6 Å². The first kappa shape index (κ1) is 15.4. The Morgan fingerprint density at radius 2 is 1.79 bits per heavy atom. The highest BCUT2D eigenvalue weighted by Gasteiger charge is 2.16. The molecule has 0 saturated heterocycles. The lowest BCUT2D eigenvalue weighted by Crippen LogP contribution is -2.34. The van der Waals surface area contributed by atoms with E-state index in [2.05, 4.69) is 10.6 Å². The molecule has 0 spiro atoms. The Kier molecular flexibility index (Phi) is 4.29.